The summed E-state index contributed by atoms with van der Waals surface area (Å²) in [6.07, 6.45) is 6.92. The Morgan fingerprint density at radius 1 is 1.65 bits per heavy atom. The maximum absolute atomic E-state index is 11.6. The maximum Gasteiger partial charge on any atom is 0.236 e. The lowest BCUT2D eigenvalue weighted by Gasteiger charge is -2.33. The number of amides is 1. The van der Waals surface area contributed by atoms with E-state index in [4.69, 9.17) is 5.73 Å². The summed E-state index contributed by atoms with van der Waals surface area (Å²) in [7, 11) is 0. The van der Waals surface area contributed by atoms with Gasteiger partial charge in [-0.25, -0.2) is 4.98 Å². The van der Waals surface area contributed by atoms with Crippen molar-refractivity contribution >= 4 is 5.91 Å². The van der Waals surface area contributed by atoms with E-state index in [9.17, 15) is 4.79 Å². The zero-order valence-corrected chi connectivity index (χ0v) is 10.3. The zero-order chi connectivity index (χ0) is 12.3. The van der Waals surface area contributed by atoms with Crippen LogP contribution in [-0.2, 0) is 11.2 Å². The molecule has 1 fully saturated rings. The van der Waals surface area contributed by atoms with E-state index in [1.807, 2.05) is 17.3 Å². The first kappa shape index (κ1) is 12.1. The van der Waals surface area contributed by atoms with E-state index in [-0.39, 0.29) is 12.5 Å². The van der Waals surface area contributed by atoms with Crippen molar-refractivity contribution in [3.05, 3.63) is 18.2 Å². The van der Waals surface area contributed by atoms with Crippen LogP contribution in [0.4, 0.5) is 0 Å². The van der Waals surface area contributed by atoms with Gasteiger partial charge in [-0.15, -0.1) is 0 Å². The zero-order valence-electron chi connectivity index (χ0n) is 10.3. The van der Waals surface area contributed by atoms with Crippen LogP contribution in [0.3, 0.4) is 0 Å². The molecule has 1 aliphatic rings. The van der Waals surface area contributed by atoms with Crippen LogP contribution in [0, 0.1) is 0 Å². The van der Waals surface area contributed by atoms with Gasteiger partial charge in [0.1, 0.15) is 5.82 Å². The molecule has 1 saturated heterocycles. The molecule has 1 aromatic heterocycles. The Morgan fingerprint density at radius 3 is 3.18 bits per heavy atom. The summed E-state index contributed by atoms with van der Waals surface area (Å²) in [4.78, 5) is 17.8. The quantitative estimate of drug-likeness (QED) is 0.834. The number of hydrogen-bond acceptors (Lipinski definition) is 3. The van der Waals surface area contributed by atoms with E-state index >= 15 is 0 Å². The fraction of sp³-hybridized carbons (Fsp3) is 0.667. The monoisotopic (exact) mass is 236 g/mol. The van der Waals surface area contributed by atoms with Crippen molar-refractivity contribution in [2.45, 2.75) is 32.2 Å². The molecule has 5 nitrogen and oxygen atoms in total. The first-order chi connectivity index (χ1) is 8.26. The van der Waals surface area contributed by atoms with Crippen molar-refractivity contribution in [3.8, 4) is 0 Å². The molecule has 2 rings (SSSR count). The normalized spacial score (nSPS) is 20.6. The molecule has 1 atom stereocenters. The van der Waals surface area contributed by atoms with E-state index in [1.54, 1.807) is 0 Å². The number of nitrogens with two attached hydrogens (primary N) is 1. The Bertz CT molecular complexity index is 388. The molecular weight excluding hydrogens is 216 g/mol. The number of aryl methyl sites for hydroxylation is 1. The number of piperidine rings is 1. The van der Waals surface area contributed by atoms with Gasteiger partial charge in [-0.1, -0.05) is 6.92 Å². The minimum Gasteiger partial charge on any atom is -0.340 e. The minimum atomic E-state index is 0.0489. The van der Waals surface area contributed by atoms with Crippen LogP contribution in [0.25, 0.3) is 0 Å². The molecule has 1 aromatic rings. The van der Waals surface area contributed by atoms with Crippen molar-refractivity contribution < 1.29 is 4.79 Å². The maximum atomic E-state index is 11.6. The molecule has 2 heterocycles. The summed E-state index contributed by atoms with van der Waals surface area (Å²) in [5.41, 5.74) is 5.41. The van der Waals surface area contributed by atoms with E-state index in [0.29, 0.717) is 6.04 Å². The number of nitrogens with zero attached hydrogens (tertiary/aromatic N) is 3. The van der Waals surface area contributed by atoms with Crippen LogP contribution < -0.4 is 5.73 Å². The molecule has 0 saturated carbocycles. The van der Waals surface area contributed by atoms with Gasteiger partial charge >= 0.3 is 0 Å². The molecule has 2 N–H and O–H groups in total. The summed E-state index contributed by atoms with van der Waals surface area (Å²) in [5.74, 6) is 1.14. The Labute approximate surface area is 102 Å². The van der Waals surface area contributed by atoms with Gasteiger partial charge in [0.05, 0.1) is 12.6 Å². The lowest BCUT2D eigenvalue weighted by molar-refractivity contribution is -0.131. The van der Waals surface area contributed by atoms with Gasteiger partial charge in [-0.2, -0.15) is 0 Å². The van der Waals surface area contributed by atoms with Crippen molar-refractivity contribution in [2.24, 2.45) is 5.73 Å². The van der Waals surface area contributed by atoms with E-state index in [1.165, 1.54) is 0 Å². The smallest absolute Gasteiger partial charge is 0.236 e. The number of carbonyl (C=O) groups is 1. The lowest BCUT2D eigenvalue weighted by atomic mass is 10.1. The molecule has 1 amide bonds. The third-order valence-corrected chi connectivity index (χ3v) is 3.38. The summed E-state index contributed by atoms with van der Waals surface area (Å²) in [6, 6.07) is 0.358. The molecule has 0 radical (unpaired) electrons. The first-order valence-electron chi connectivity index (χ1n) is 6.25. The third-order valence-electron chi connectivity index (χ3n) is 3.38. The topological polar surface area (TPSA) is 64.2 Å². The van der Waals surface area contributed by atoms with E-state index in [0.717, 1.165) is 38.2 Å². The summed E-state index contributed by atoms with van der Waals surface area (Å²) < 4.78 is 2.20. The molecule has 0 aromatic carbocycles. The minimum absolute atomic E-state index is 0.0489. The third kappa shape index (κ3) is 2.49. The molecular formula is C12H20N4O. The van der Waals surface area contributed by atoms with Crippen molar-refractivity contribution in [2.75, 3.05) is 19.6 Å². The van der Waals surface area contributed by atoms with Crippen LogP contribution in [0.2, 0.25) is 0 Å². The molecule has 1 unspecified atom stereocenters. The van der Waals surface area contributed by atoms with Crippen molar-refractivity contribution in [3.63, 3.8) is 0 Å². The van der Waals surface area contributed by atoms with Gasteiger partial charge in [0, 0.05) is 31.9 Å². The number of likely N-dealkylation sites (tertiary alicyclic amines) is 1. The standard InChI is InChI=1S/C12H20N4O/c1-2-11-14-5-7-16(11)10-4-3-6-15(9-10)12(17)8-13/h5,7,10H,2-4,6,8-9,13H2,1H3. The second-order valence-electron chi connectivity index (χ2n) is 4.44. The van der Waals surface area contributed by atoms with Gasteiger partial charge in [-0.3, -0.25) is 4.79 Å². The van der Waals surface area contributed by atoms with Crippen LogP contribution >= 0.6 is 0 Å². The average molecular weight is 236 g/mol. The number of aromatic nitrogens is 2. The highest BCUT2D eigenvalue weighted by molar-refractivity contribution is 5.78. The Balaban J connectivity index is 2.09. The van der Waals surface area contributed by atoms with Gasteiger partial charge in [0.2, 0.25) is 5.91 Å². The highest BCUT2D eigenvalue weighted by atomic mass is 16.2. The molecule has 1 aliphatic heterocycles. The van der Waals surface area contributed by atoms with Gasteiger partial charge < -0.3 is 15.2 Å². The largest absolute Gasteiger partial charge is 0.340 e. The van der Waals surface area contributed by atoms with Crippen LogP contribution in [0.15, 0.2) is 12.4 Å². The fourth-order valence-corrected chi connectivity index (χ4v) is 2.49. The predicted molar refractivity (Wildman–Crippen MR) is 65.5 cm³/mol. The van der Waals surface area contributed by atoms with Crippen LogP contribution in [0.5, 0.6) is 0 Å². The number of rotatable bonds is 3. The second kappa shape index (κ2) is 5.31. The first-order valence-corrected chi connectivity index (χ1v) is 6.25. The van der Waals surface area contributed by atoms with Gasteiger partial charge in [0.25, 0.3) is 0 Å². The molecule has 0 bridgehead atoms. The van der Waals surface area contributed by atoms with Crippen LogP contribution in [0.1, 0.15) is 31.6 Å². The highest BCUT2D eigenvalue weighted by Gasteiger charge is 2.24. The Hall–Kier alpha value is -1.36. The number of carbonyl (C=O) groups excluding carboxylic acids is 1. The average Bonchev–Trinajstić information content (AvgIpc) is 2.86. The fourth-order valence-electron chi connectivity index (χ4n) is 2.49. The van der Waals surface area contributed by atoms with Crippen LogP contribution in [-0.4, -0.2) is 40.0 Å². The molecule has 17 heavy (non-hydrogen) atoms. The molecule has 5 heteroatoms. The Kier molecular flexibility index (Phi) is 3.78. The Morgan fingerprint density at radius 2 is 2.47 bits per heavy atom. The second-order valence-corrected chi connectivity index (χ2v) is 4.44. The molecule has 94 valence electrons. The highest BCUT2D eigenvalue weighted by Crippen LogP contribution is 2.22. The SMILES string of the molecule is CCc1nccn1C1CCCN(C(=O)CN)C1. The van der Waals surface area contributed by atoms with Crippen molar-refractivity contribution in [1.82, 2.24) is 14.5 Å². The lowest BCUT2D eigenvalue weighted by Crippen LogP contribution is -2.43. The number of imidazole rings is 1. The van der Waals surface area contributed by atoms with E-state index in [2.05, 4.69) is 16.5 Å². The number of hydrogen-bond donors (Lipinski definition) is 1. The van der Waals surface area contributed by atoms with Gasteiger partial charge in [0.15, 0.2) is 0 Å². The summed E-state index contributed by atoms with van der Waals surface area (Å²) in [6.45, 7) is 3.81. The van der Waals surface area contributed by atoms with Crippen molar-refractivity contribution in [1.29, 1.82) is 0 Å². The molecule has 0 spiro atoms. The summed E-state index contributed by atoms with van der Waals surface area (Å²) >= 11 is 0. The molecule has 0 aliphatic carbocycles. The predicted octanol–water partition coefficient (Wildman–Crippen LogP) is 0.568. The van der Waals surface area contributed by atoms with Gasteiger partial charge in [-0.05, 0) is 12.8 Å². The van der Waals surface area contributed by atoms with E-state index < -0.39 is 0 Å². The summed E-state index contributed by atoms with van der Waals surface area (Å²) in [5, 5.41) is 0.